The third kappa shape index (κ3) is 8.26. The molecule has 1 amide bonds. The van der Waals surface area contributed by atoms with Crippen LogP contribution in [0.1, 0.15) is 74.7 Å². The van der Waals surface area contributed by atoms with E-state index >= 15 is 0 Å². The van der Waals surface area contributed by atoms with Crippen LogP contribution in [0.25, 0.3) is 0 Å². The second-order valence-corrected chi connectivity index (χ2v) is 14.0. The monoisotopic (exact) mass is 639 g/mol. The van der Waals surface area contributed by atoms with Gasteiger partial charge in [-0.25, -0.2) is 4.79 Å². The van der Waals surface area contributed by atoms with Crippen LogP contribution in [0.15, 0.2) is 12.7 Å². The Bertz CT molecular complexity index is 1060. The molecule has 3 saturated heterocycles. The Labute approximate surface area is 268 Å². The first-order valence-corrected chi connectivity index (χ1v) is 16.4. The number of esters is 1. The maximum atomic E-state index is 14.1. The molecular weight excluding hydrogens is 582 g/mol. The van der Waals surface area contributed by atoms with Gasteiger partial charge >= 0.3 is 12.1 Å². The van der Waals surface area contributed by atoms with Gasteiger partial charge in [-0.05, 0) is 80.4 Å². The minimum atomic E-state index is -1.16. The molecule has 3 aliphatic heterocycles. The molecule has 13 atom stereocenters. The highest BCUT2D eigenvalue weighted by molar-refractivity contribution is 6.00. The summed E-state index contributed by atoms with van der Waals surface area (Å²) in [4.78, 5) is 42.1. The fourth-order valence-corrected chi connectivity index (χ4v) is 7.32. The lowest BCUT2D eigenvalue weighted by Crippen LogP contribution is -2.60. The van der Waals surface area contributed by atoms with E-state index in [-0.39, 0.29) is 30.7 Å². The minimum absolute atomic E-state index is 0.00740. The van der Waals surface area contributed by atoms with Crippen molar-refractivity contribution in [2.24, 2.45) is 17.8 Å². The van der Waals surface area contributed by atoms with Crippen molar-refractivity contribution < 1.29 is 43.2 Å². The number of ketones is 1. The van der Waals surface area contributed by atoms with Crippen LogP contribution < -0.4 is 10.6 Å². The smallest absolute Gasteiger partial charge is 0.408 e. The minimum Gasteiger partial charge on any atom is -0.458 e. The summed E-state index contributed by atoms with van der Waals surface area (Å²) in [5.74, 6) is -3.11. The number of Topliss-reactive ketones (excluding diaryl/α,β-unsaturated/α-hetero) is 1. The number of alkyl carbamates (subject to hydrolysis) is 1. The zero-order valence-corrected chi connectivity index (χ0v) is 28.8. The number of nitrogens with zero attached hydrogens (tertiary/aromatic N) is 1. The van der Waals surface area contributed by atoms with Gasteiger partial charge in [-0.15, -0.1) is 6.58 Å². The van der Waals surface area contributed by atoms with Gasteiger partial charge in [-0.1, -0.05) is 26.8 Å². The normalized spacial score (nSPS) is 43.8. The first-order valence-electron chi connectivity index (χ1n) is 16.4. The molecule has 0 spiro atoms. The highest BCUT2D eigenvalue weighted by atomic mass is 16.7. The molecule has 0 aliphatic carbocycles. The average molecular weight is 640 g/mol. The van der Waals surface area contributed by atoms with E-state index in [4.69, 9.17) is 23.7 Å². The zero-order chi connectivity index (χ0) is 33.9. The standard InChI is InChI=1S/C33H57N3O9/c1-12-14-41-32(8)16-18(3)17-34-22(7)27-33(9,45-31(40)35-27)24(13-2)43-29(39)21(6)25(37)20(5)28(32)44-30-26(38)23(36(10)11)15-19(4)42-30/h12,18-24,26-28,30,34,38H,1,13-17H2,2-11H3,(H,35,40)/t18-,19?,20+,21?,22-,23?,24-,26?,27-,28?,30+,32-,33-/m1/s1. The molecule has 0 bridgehead atoms. The molecule has 0 aromatic rings. The number of nitrogens with one attached hydrogen (secondary N) is 2. The van der Waals surface area contributed by atoms with E-state index in [0.717, 1.165) is 0 Å². The van der Waals surface area contributed by atoms with E-state index in [9.17, 15) is 19.5 Å². The number of aliphatic hydroxyl groups excluding tert-OH is 1. The lowest BCUT2D eigenvalue weighted by Gasteiger charge is -2.47. The Balaban J connectivity index is 2.07. The number of amides is 1. The van der Waals surface area contributed by atoms with Crippen molar-refractivity contribution >= 4 is 17.8 Å². The Morgan fingerprint density at radius 3 is 2.40 bits per heavy atom. The van der Waals surface area contributed by atoms with Gasteiger partial charge < -0.3 is 44.3 Å². The molecule has 12 heteroatoms. The molecule has 3 aliphatic rings. The molecule has 258 valence electrons. The average Bonchev–Trinajstić information content (AvgIpc) is 3.30. The summed E-state index contributed by atoms with van der Waals surface area (Å²) in [6.07, 6.45) is -1.42. The van der Waals surface area contributed by atoms with Crippen LogP contribution in [-0.2, 0) is 33.3 Å². The molecular formula is C33H57N3O9. The Kier molecular flexibility index (Phi) is 12.6. The fraction of sp³-hybridized carbons (Fsp3) is 0.848. The summed E-state index contributed by atoms with van der Waals surface area (Å²) in [7, 11) is 3.79. The molecule has 3 fully saturated rings. The van der Waals surface area contributed by atoms with E-state index in [0.29, 0.717) is 25.8 Å². The molecule has 45 heavy (non-hydrogen) atoms. The molecule has 3 N–H and O–H groups in total. The summed E-state index contributed by atoms with van der Waals surface area (Å²) >= 11 is 0. The van der Waals surface area contributed by atoms with E-state index in [1.807, 2.05) is 46.7 Å². The highest BCUT2D eigenvalue weighted by Crippen LogP contribution is 2.38. The number of aliphatic hydroxyl groups is 1. The summed E-state index contributed by atoms with van der Waals surface area (Å²) in [6, 6.07) is -0.969. The van der Waals surface area contributed by atoms with E-state index in [1.165, 1.54) is 6.92 Å². The highest BCUT2D eigenvalue weighted by Gasteiger charge is 2.55. The quantitative estimate of drug-likeness (QED) is 0.215. The number of likely N-dealkylation sites (N-methyl/N-ethyl adjacent to an activating group) is 1. The summed E-state index contributed by atoms with van der Waals surface area (Å²) < 4.78 is 30.9. The van der Waals surface area contributed by atoms with Gasteiger partial charge in [0.25, 0.3) is 0 Å². The number of rotatable bonds is 7. The summed E-state index contributed by atoms with van der Waals surface area (Å²) in [5.41, 5.74) is -2.22. The number of ether oxygens (including phenoxy) is 5. The number of fused-ring (bicyclic) bond motifs is 1. The molecule has 12 nitrogen and oxygen atoms in total. The van der Waals surface area contributed by atoms with Crippen LogP contribution >= 0.6 is 0 Å². The predicted molar refractivity (Wildman–Crippen MR) is 168 cm³/mol. The number of hydrogen-bond acceptors (Lipinski definition) is 11. The number of carbonyl (C=O) groups is 3. The van der Waals surface area contributed by atoms with Crippen LogP contribution in [0.4, 0.5) is 4.79 Å². The number of carbonyl (C=O) groups excluding carboxylic acids is 3. The lowest BCUT2D eigenvalue weighted by atomic mass is 9.78. The predicted octanol–water partition coefficient (Wildman–Crippen LogP) is 2.81. The Morgan fingerprint density at radius 2 is 1.80 bits per heavy atom. The largest absolute Gasteiger partial charge is 0.458 e. The van der Waals surface area contributed by atoms with Crippen LogP contribution in [0.2, 0.25) is 0 Å². The fourth-order valence-electron chi connectivity index (χ4n) is 7.32. The first-order chi connectivity index (χ1) is 21.0. The van der Waals surface area contributed by atoms with Crippen molar-refractivity contribution in [1.82, 2.24) is 15.5 Å². The van der Waals surface area contributed by atoms with Crippen molar-refractivity contribution in [3.05, 3.63) is 12.7 Å². The van der Waals surface area contributed by atoms with Crippen LogP contribution in [0.3, 0.4) is 0 Å². The third-order valence-electron chi connectivity index (χ3n) is 9.89. The molecule has 0 saturated carbocycles. The van der Waals surface area contributed by atoms with E-state index in [2.05, 4.69) is 24.1 Å². The second-order valence-electron chi connectivity index (χ2n) is 14.0. The topological polar surface area (TPSA) is 145 Å². The first kappa shape index (κ1) is 37.4. The Morgan fingerprint density at radius 1 is 1.13 bits per heavy atom. The molecule has 3 heterocycles. The summed E-state index contributed by atoms with van der Waals surface area (Å²) in [5, 5.41) is 17.8. The molecule has 0 radical (unpaired) electrons. The summed E-state index contributed by atoms with van der Waals surface area (Å²) in [6.45, 7) is 19.2. The van der Waals surface area contributed by atoms with Crippen molar-refractivity contribution in [3.8, 4) is 0 Å². The molecule has 5 unspecified atom stereocenters. The van der Waals surface area contributed by atoms with Crippen LogP contribution in [0.5, 0.6) is 0 Å². The van der Waals surface area contributed by atoms with Crippen molar-refractivity contribution in [2.45, 2.75) is 135 Å². The van der Waals surface area contributed by atoms with Gasteiger partial charge in [-0.2, -0.15) is 0 Å². The van der Waals surface area contributed by atoms with Gasteiger partial charge in [0, 0.05) is 18.0 Å². The molecule has 0 aromatic carbocycles. The number of hydrogen-bond donors (Lipinski definition) is 3. The molecule has 3 rings (SSSR count). The lowest BCUT2D eigenvalue weighted by molar-refractivity contribution is -0.296. The number of cyclic esters (lactones) is 1. The van der Waals surface area contributed by atoms with Gasteiger partial charge in [0.1, 0.15) is 18.1 Å². The van der Waals surface area contributed by atoms with Crippen molar-refractivity contribution in [1.29, 1.82) is 0 Å². The van der Waals surface area contributed by atoms with Crippen LogP contribution in [-0.4, -0.2) is 115 Å². The third-order valence-corrected chi connectivity index (χ3v) is 9.89. The Hall–Kier alpha value is -2.09. The van der Waals surface area contributed by atoms with Gasteiger partial charge in [-0.3, -0.25) is 9.59 Å². The van der Waals surface area contributed by atoms with Crippen LogP contribution in [0, 0.1) is 17.8 Å². The second kappa shape index (κ2) is 15.2. The molecule has 0 aromatic heterocycles. The van der Waals surface area contributed by atoms with Crippen molar-refractivity contribution in [2.75, 3.05) is 27.2 Å². The zero-order valence-electron chi connectivity index (χ0n) is 28.8. The van der Waals surface area contributed by atoms with Gasteiger partial charge in [0.2, 0.25) is 0 Å². The van der Waals surface area contributed by atoms with E-state index in [1.54, 1.807) is 19.9 Å². The van der Waals surface area contributed by atoms with E-state index < -0.39 is 71.5 Å². The van der Waals surface area contributed by atoms with Gasteiger partial charge in [0.15, 0.2) is 17.7 Å². The SMILES string of the molecule is C=CCO[C@]1(C)C[C@@H](C)CN[C@H](C)[C@H]2NC(=O)O[C@]2(C)[C@@H](CC)OC(=O)C(C)C(=O)[C@H](C)C1O[C@@H]1OC(C)CC(N(C)C)C1O. The maximum Gasteiger partial charge on any atom is 0.408 e. The van der Waals surface area contributed by atoms with Crippen molar-refractivity contribution in [3.63, 3.8) is 0 Å². The maximum absolute atomic E-state index is 14.1. The van der Waals surface area contributed by atoms with Gasteiger partial charge in [0.05, 0.1) is 30.5 Å².